The van der Waals surface area contributed by atoms with Crippen molar-refractivity contribution in [1.29, 1.82) is 0 Å². The summed E-state index contributed by atoms with van der Waals surface area (Å²) in [5, 5.41) is 20.7. The number of aryl methyl sites for hydroxylation is 5. The average molecular weight is 989 g/mol. The second-order valence-corrected chi connectivity index (χ2v) is 22.7. The predicted octanol–water partition coefficient (Wildman–Crippen LogP) is 6.84. The molecule has 0 amide bonds. The SMILES string of the molecule is COC(=O)c1ccc(C)c(S(C)(=O)=O)c1.Cc1ccc(C(=O)O)cc1.Cc1ccc(CN)cc1S(C)(=O)=O.Cc1ccc(CN=[N+]=[N-])cc1S(C)(=O)=O.Cc1ccc(CO)cc1S(C)(=O)=O. The minimum atomic E-state index is -3.31. The molecule has 0 radical (unpaired) electrons. The number of aliphatic hydroxyl groups is 1. The molecular formula is C45H56N4O13S4. The number of rotatable bonds is 10. The van der Waals surface area contributed by atoms with Crippen LogP contribution in [0.2, 0.25) is 0 Å². The number of aromatic carboxylic acids is 1. The highest BCUT2D eigenvalue weighted by Crippen LogP contribution is 2.20. The van der Waals surface area contributed by atoms with Crippen LogP contribution in [0.5, 0.6) is 0 Å². The molecule has 0 aliphatic rings. The Balaban J connectivity index is 0.000000415. The number of methoxy groups -OCH3 is 1. The summed E-state index contributed by atoms with van der Waals surface area (Å²) < 4.78 is 95.0. The molecule has 0 saturated heterocycles. The van der Waals surface area contributed by atoms with Crippen molar-refractivity contribution in [2.75, 3.05) is 32.1 Å². The van der Waals surface area contributed by atoms with Crippen molar-refractivity contribution in [2.45, 2.75) is 73.9 Å². The van der Waals surface area contributed by atoms with Gasteiger partial charge in [-0.15, -0.1) is 0 Å². The third-order valence-corrected chi connectivity index (χ3v) is 14.0. The lowest BCUT2D eigenvalue weighted by Gasteiger charge is -2.05. The third-order valence-electron chi connectivity index (χ3n) is 9.00. The van der Waals surface area contributed by atoms with Gasteiger partial charge in [0.15, 0.2) is 39.3 Å². The van der Waals surface area contributed by atoms with Crippen molar-refractivity contribution in [3.63, 3.8) is 0 Å². The molecule has 0 heterocycles. The molecular weight excluding hydrogens is 933 g/mol. The van der Waals surface area contributed by atoms with E-state index in [2.05, 4.69) is 14.8 Å². The molecule has 0 aliphatic heterocycles. The first kappa shape index (κ1) is 58.1. The van der Waals surface area contributed by atoms with E-state index < -0.39 is 51.3 Å². The summed E-state index contributed by atoms with van der Waals surface area (Å²) in [6, 6.07) is 26.4. The van der Waals surface area contributed by atoms with Gasteiger partial charge in [-0.25, -0.2) is 43.3 Å². The number of aliphatic hydroxyl groups excluding tert-OH is 1. The fourth-order valence-electron chi connectivity index (χ4n) is 5.51. The molecule has 0 bridgehead atoms. The van der Waals surface area contributed by atoms with Crippen molar-refractivity contribution < 1.29 is 58.2 Å². The molecule has 0 aliphatic carbocycles. The van der Waals surface area contributed by atoms with Crippen molar-refractivity contribution in [3.05, 3.63) is 163 Å². The lowest BCUT2D eigenvalue weighted by molar-refractivity contribution is 0.0599. The Bertz CT molecular complexity index is 2920. The van der Waals surface area contributed by atoms with E-state index in [0.717, 1.165) is 35.5 Å². The van der Waals surface area contributed by atoms with Crippen LogP contribution in [0.1, 0.15) is 65.2 Å². The Kier molecular flexibility index (Phi) is 22.6. The molecule has 5 aromatic carbocycles. The summed E-state index contributed by atoms with van der Waals surface area (Å²) in [6.45, 7) is 9.23. The molecule has 4 N–H and O–H groups in total. The molecule has 0 aromatic heterocycles. The number of carbonyl (C=O) groups is 2. The number of benzene rings is 5. The van der Waals surface area contributed by atoms with E-state index in [1.165, 1.54) is 31.6 Å². The van der Waals surface area contributed by atoms with Gasteiger partial charge < -0.3 is 20.7 Å². The Morgan fingerprint density at radius 1 is 0.576 bits per heavy atom. The first-order valence-corrected chi connectivity index (χ1v) is 26.9. The largest absolute Gasteiger partial charge is 0.478 e. The molecule has 17 nitrogen and oxygen atoms in total. The fraction of sp³-hybridized carbons (Fsp3) is 0.289. The molecule has 66 heavy (non-hydrogen) atoms. The van der Waals surface area contributed by atoms with E-state index >= 15 is 0 Å². The van der Waals surface area contributed by atoms with E-state index in [0.29, 0.717) is 49.7 Å². The van der Waals surface area contributed by atoms with E-state index in [-0.39, 0.29) is 28.5 Å². The van der Waals surface area contributed by atoms with Crippen LogP contribution in [0.25, 0.3) is 10.4 Å². The van der Waals surface area contributed by atoms with Crippen LogP contribution in [0.3, 0.4) is 0 Å². The van der Waals surface area contributed by atoms with Crippen molar-refractivity contribution in [3.8, 4) is 0 Å². The summed E-state index contributed by atoms with van der Waals surface area (Å²) in [5.41, 5.74) is 20.2. The van der Waals surface area contributed by atoms with Gasteiger partial charge in [0.05, 0.1) is 51.0 Å². The monoisotopic (exact) mass is 988 g/mol. The highest BCUT2D eigenvalue weighted by Gasteiger charge is 2.15. The summed E-state index contributed by atoms with van der Waals surface area (Å²) in [5.74, 6) is -1.42. The number of hydrogen-bond acceptors (Lipinski definition) is 14. The van der Waals surface area contributed by atoms with Gasteiger partial charge in [0.25, 0.3) is 0 Å². The number of carboxylic acids is 1. The maximum atomic E-state index is 11.4. The number of carbonyl (C=O) groups excluding carboxylic acids is 1. The van der Waals surface area contributed by atoms with E-state index in [9.17, 15) is 43.3 Å². The summed E-state index contributed by atoms with van der Waals surface area (Å²) in [6.07, 6.45) is 4.63. The maximum absolute atomic E-state index is 11.4. The van der Waals surface area contributed by atoms with Crippen molar-refractivity contribution in [1.82, 2.24) is 0 Å². The first-order chi connectivity index (χ1) is 30.4. The lowest BCUT2D eigenvalue weighted by atomic mass is 10.1. The Morgan fingerprint density at radius 2 is 0.924 bits per heavy atom. The van der Waals surface area contributed by atoms with Crippen LogP contribution in [0.15, 0.2) is 122 Å². The van der Waals surface area contributed by atoms with E-state index in [4.69, 9.17) is 21.5 Å². The maximum Gasteiger partial charge on any atom is 0.337 e. The molecule has 358 valence electrons. The van der Waals surface area contributed by atoms with Crippen LogP contribution in [0, 0.1) is 34.6 Å². The number of nitrogens with zero attached hydrogens (tertiary/aromatic N) is 3. The Hall–Kier alpha value is -5.93. The zero-order valence-corrected chi connectivity index (χ0v) is 41.6. The topological polar surface area (TPSA) is 295 Å². The molecule has 21 heteroatoms. The number of ether oxygens (including phenoxy) is 1. The van der Waals surface area contributed by atoms with E-state index in [1.54, 1.807) is 100 Å². The van der Waals surface area contributed by atoms with Crippen molar-refractivity contribution >= 4 is 51.3 Å². The standard InChI is InChI=1S/C10H12O4S.C9H11N3O2S.C9H13NO2S.C9H12O3S.C8H8O2/c1-7-4-5-8(10(11)14-2)6-9(7)15(3,12)13;1-7-3-4-8(6-11-12-10)5-9(7)15(2,13)14;2*1-7-3-4-8(6-10)5-9(7)13(2,11)12;1-6-2-4-7(5-3-6)8(9)10/h4-6H,1-3H3;3-5H,6H2,1-2H3;3-5H,6,10H2,1-2H3;3-5,10H,6H2,1-2H3;2-5H,1H3,(H,9,10). The zero-order chi connectivity index (χ0) is 50.8. The minimum absolute atomic E-state index is 0.136. The van der Waals surface area contributed by atoms with Gasteiger partial charge in [-0.1, -0.05) is 65.3 Å². The molecule has 5 aromatic rings. The zero-order valence-electron chi connectivity index (χ0n) is 38.3. The predicted molar refractivity (Wildman–Crippen MR) is 253 cm³/mol. The lowest BCUT2D eigenvalue weighted by Crippen LogP contribution is -2.06. The minimum Gasteiger partial charge on any atom is -0.478 e. The quantitative estimate of drug-likeness (QED) is 0.0559. The number of esters is 1. The highest BCUT2D eigenvalue weighted by atomic mass is 32.2. The normalized spacial score (nSPS) is 11.0. The van der Waals surface area contributed by atoms with Gasteiger partial charge in [0.2, 0.25) is 0 Å². The number of azide groups is 1. The molecule has 0 fully saturated rings. The van der Waals surface area contributed by atoms with Crippen LogP contribution in [-0.4, -0.2) is 88.0 Å². The molecule has 0 spiro atoms. The summed E-state index contributed by atoms with van der Waals surface area (Å²) in [4.78, 5) is 25.2. The molecule has 0 atom stereocenters. The smallest absolute Gasteiger partial charge is 0.337 e. The molecule has 0 saturated carbocycles. The number of hydrogen-bond donors (Lipinski definition) is 3. The van der Waals surface area contributed by atoms with Crippen LogP contribution in [0.4, 0.5) is 0 Å². The van der Waals surface area contributed by atoms with Gasteiger partial charge in [-0.05, 0) is 122 Å². The summed E-state index contributed by atoms with van der Waals surface area (Å²) >= 11 is 0. The summed E-state index contributed by atoms with van der Waals surface area (Å²) in [7, 11) is -11.6. The number of sulfone groups is 4. The second-order valence-electron chi connectivity index (χ2n) is 14.8. The van der Waals surface area contributed by atoms with Gasteiger partial charge in [0.1, 0.15) is 0 Å². The van der Waals surface area contributed by atoms with E-state index in [1.807, 2.05) is 13.0 Å². The first-order valence-electron chi connectivity index (χ1n) is 19.3. The van der Waals surface area contributed by atoms with Crippen LogP contribution < -0.4 is 5.73 Å². The van der Waals surface area contributed by atoms with Gasteiger partial charge in [-0.3, -0.25) is 0 Å². The fourth-order valence-corrected chi connectivity index (χ4v) is 9.56. The third kappa shape index (κ3) is 19.7. The Labute approximate surface area is 387 Å². The number of carboxylic acid groups (broad SMARTS) is 1. The molecule has 5 rings (SSSR count). The van der Waals surface area contributed by atoms with Gasteiger partial charge >= 0.3 is 11.9 Å². The van der Waals surface area contributed by atoms with Crippen molar-refractivity contribution in [2.24, 2.45) is 10.8 Å². The second kappa shape index (κ2) is 25.7. The van der Waals surface area contributed by atoms with Gasteiger partial charge in [-0.2, -0.15) is 0 Å². The average Bonchev–Trinajstić information content (AvgIpc) is 3.23. The van der Waals surface area contributed by atoms with Crippen LogP contribution >= 0.6 is 0 Å². The van der Waals surface area contributed by atoms with Gasteiger partial charge in [0, 0.05) is 36.5 Å². The molecule has 0 unspecified atom stereocenters. The Morgan fingerprint density at radius 3 is 1.29 bits per heavy atom. The number of nitrogens with two attached hydrogens (primary N) is 1. The highest BCUT2D eigenvalue weighted by molar-refractivity contribution is 7.91. The van der Waals surface area contributed by atoms with Crippen LogP contribution in [-0.2, 0) is 63.8 Å².